The number of methoxy groups -OCH3 is 2. The molecule has 1 aromatic heterocycles. The van der Waals surface area contributed by atoms with Crippen LogP contribution in [-0.2, 0) is 6.54 Å². The fraction of sp³-hybridized carbons (Fsp3) is 0.500. The Balaban J connectivity index is 2.29. The molecule has 138 valence electrons. The Labute approximate surface area is 147 Å². The van der Waals surface area contributed by atoms with Crippen LogP contribution in [0.5, 0.6) is 11.5 Å². The molecule has 7 heteroatoms. The van der Waals surface area contributed by atoms with Crippen LogP contribution in [0.2, 0.25) is 0 Å². The van der Waals surface area contributed by atoms with Crippen LogP contribution < -0.4 is 9.47 Å². The third-order valence-electron chi connectivity index (χ3n) is 4.06. The van der Waals surface area contributed by atoms with E-state index in [1.165, 1.54) is 0 Å². The first-order valence-electron chi connectivity index (χ1n) is 8.07. The van der Waals surface area contributed by atoms with Crippen molar-refractivity contribution in [3.63, 3.8) is 0 Å². The highest BCUT2D eigenvalue weighted by Gasteiger charge is 2.20. The number of hydrogen-bond donors (Lipinski definition) is 2. The number of nitrogens with zero attached hydrogens (tertiary/aromatic N) is 2. The smallest absolute Gasteiger partial charge is 0.230 e. The van der Waals surface area contributed by atoms with Crippen molar-refractivity contribution in [1.82, 2.24) is 9.88 Å². The van der Waals surface area contributed by atoms with E-state index in [-0.39, 0.29) is 6.61 Å². The van der Waals surface area contributed by atoms with E-state index < -0.39 is 6.10 Å². The summed E-state index contributed by atoms with van der Waals surface area (Å²) in [6.45, 7) is 4.36. The zero-order valence-electron chi connectivity index (χ0n) is 15.4. The Hall–Kier alpha value is -2.09. The molecule has 1 atom stereocenters. The maximum absolute atomic E-state index is 9.54. The molecule has 0 aliphatic rings. The average Bonchev–Trinajstić information content (AvgIpc) is 2.94. The molecule has 0 amide bonds. The first kappa shape index (κ1) is 19.2. The summed E-state index contributed by atoms with van der Waals surface area (Å²) in [6, 6.07) is 3.72. The normalized spacial score (nSPS) is 12.5. The van der Waals surface area contributed by atoms with E-state index in [2.05, 4.69) is 4.98 Å². The molecule has 2 N–H and O–H groups in total. The standard InChI is InChI=1S/C18H26N2O5/c1-11-16(23-4)7-6-14(17(11)24-5)18-19-15(12(2)25-18)9-20(3)8-13(22)10-21/h6-7,13,21-22H,8-10H2,1-5H3/t13-/m1/s1. The van der Waals surface area contributed by atoms with Crippen LogP contribution in [-0.4, -0.2) is 60.6 Å². The van der Waals surface area contributed by atoms with Crippen molar-refractivity contribution in [3.8, 4) is 23.0 Å². The van der Waals surface area contributed by atoms with E-state index in [1.807, 2.05) is 37.9 Å². The number of aliphatic hydroxyl groups is 2. The van der Waals surface area contributed by atoms with Crippen LogP contribution in [0.15, 0.2) is 16.5 Å². The maximum atomic E-state index is 9.54. The molecular weight excluding hydrogens is 324 g/mol. The van der Waals surface area contributed by atoms with Crippen molar-refractivity contribution in [2.75, 3.05) is 34.4 Å². The Morgan fingerprint density at radius 1 is 1.24 bits per heavy atom. The molecule has 2 rings (SSSR count). The minimum Gasteiger partial charge on any atom is -0.496 e. The summed E-state index contributed by atoms with van der Waals surface area (Å²) in [6.07, 6.45) is -0.777. The summed E-state index contributed by atoms with van der Waals surface area (Å²) in [5.41, 5.74) is 2.41. The number of aliphatic hydroxyl groups excluding tert-OH is 2. The molecule has 0 fully saturated rings. The minimum absolute atomic E-state index is 0.268. The largest absolute Gasteiger partial charge is 0.496 e. The topological polar surface area (TPSA) is 88.2 Å². The van der Waals surface area contributed by atoms with Gasteiger partial charge in [-0.15, -0.1) is 0 Å². The Bertz CT molecular complexity index is 714. The van der Waals surface area contributed by atoms with Gasteiger partial charge in [0.25, 0.3) is 0 Å². The monoisotopic (exact) mass is 350 g/mol. The van der Waals surface area contributed by atoms with Gasteiger partial charge in [-0.2, -0.15) is 0 Å². The number of hydrogen-bond acceptors (Lipinski definition) is 7. The highest BCUT2D eigenvalue weighted by atomic mass is 16.5. The van der Waals surface area contributed by atoms with Crippen molar-refractivity contribution in [2.24, 2.45) is 0 Å². The molecule has 25 heavy (non-hydrogen) atoms. The summed E-state index contributed by atoms with van der Waals surface area (Å²) in [5, 5.41) is 18.5. The van der Waals surface area contributed by atoms with Crippen molar-refractivity contribution >= 4 is 0 Å². The Morgan fingerprint density at radius 3 is 2.56 bits per heavy atom. The third kappa shape index (κ3) is 4.31. The van der Waals surface area contributed by atoms with E-state index in [1.54, 1.807) is 14.2 Å². The summed E-state index contributed by atoms with van der Waals surface area (Å²) in [4.78, 5) is 6.47. The zero-order valence-corrected chi connectivity index (χ0v) is 15.4. The molecule has 1 aromatic carbocycles. The number of rotatable bonds is 8. The fourth-order valence-corrected chi connectivity index (χ4v) is 2.75. The van der Waals surface area contributed by atoms with Crippen LogP contribution in [0.4, 0.5) is 0 Å². The number of aryl methyl sites for hydroxylation is 1. The van der Waals surface area contributed by atoms with E-state index >= 15 is 0 Å². The highest BCUT2D eigenvalue weighted by Crippen LogP contribution is 2.37. The SMILES string of the molecule is COc1ccc(-c2nc(CN(C)C[C@@H](O)CO)c(C)o2)c(OC)c1C. The number of benzene rings is 1. The molecule has 0 aliphatic heterocycles. The van der Waals surface area contributed by atoms with Gasteiger partial charge >= 0.3 is 0 Å². The van der Waals surface area contributed by atoms with Crippen molar-refractivity contribution in [2.45, 2.75) is 26.5 Å². The fourth-order valence-electron chi connectivity index (χ4n) is 2.75. The van der Waals surface area contributed by atoms with Gasteiger partial charge in [0, 0.05) is 18.7 Å². The van der Waals surface area contributed by atoms with Gasteiger partial charge in [-0.1, -0.05) is 0 Å². The average molecular weight is 350 g/mol. The predicted octanol–water partition coefficient (Wildman–Crippen LogP) is 1.76. The lowest BCUT2D eigenvalue weighted by Crippen LogP contribution is -2.31. The quantitative estimate of drug-likeness (QED) is 0.750. The van der Waals surface area contributed by atoms with Gasteiger partial charge in [0.1, 0.15) is 17.3 Å². The summed E-state index contributed by atoms with van der Waals surface area (Å²) < 4.78 is 16.7. The molecule has 0 radical (unpaired) electrons. The van der Waals surface area contributed by atoms with E-state index in [9.17, 15) is 5.11 Å². The predicted molar refractivity (Wildman–Crippen MR) is 93.9 cm³/mol. The van der Waals surface area contributed by atoms with E-state index in [4.69, 9.17) is 19.0 Å². The van der Waals surface area contributed by atoms with Crippen molar-refractivity contribution in [3.05, 3.63) is 29.2 Å². The second kappa shape index (κ2) is 8.33. The van der Waals surface area contributed by atoms with Gasteiger partial charge in [0.15, 0.2) is 0 Å². The summed E-state index contributed by atoms with van der Waals surface area (Å²) >= 11 is 0. The van der Waals surface area contributed by atoms with Crippen LogP contribution in [0.1, 0.15) is 17.0 Å². The van der Waals surface area contributed by atoms with E-state index in [0.717, 1.165) is 22.6 Å². The zero-order chi connectivity index (χ0) is 18.6. The third-order valence-corrected chi connectivity index (χ3v) is 4.06. The minimum atomic E-state index is -0.777. The lowest BCUT2D eigenvalue weighted by atomic mass is 10.1. The second-order valence-corrected chi connectivity index (χ2v) is 6.03. The van der Waals surface area contributed by atoms with Crippen LogP contribution in [0.3, 0.4) is 0 Å². The molecule has 0 unspecified atom stereocenters. The Morgan fingerprint density at radius 2 is 1.96 bits per heavy atom. The number of likely N-dealkylation sites (N-methyl/N-ethyl adjacent to an activating group) is 1. The molecular formula is C18H26N2O5. The molecule has 1 heterocycles. The van der Waals surface area contributed by atoms with Gasteiger partial charge in [0.05, 0.1) is 38.2 Å². The maximum Gasteiger partial charge on any atom is 0.230 e. The highest BCUT2D eigenvalue weighted by molar-refractivity contribution is 5.68. The molecule has 0 saturated heterocycles. The van der Waals surface area contributed by atoms with Crippen LogP contribution in [0, 0.1) is 13.8 Å². The molecule has 0 saturated carbocycles. The van der Waals surface area contributed by atoms with E-state index in [0.29, 0.717) is 30.5 Å². The van der Waals surface area contributed by atoms with Gasteiger partial charge in [-0.05, 0) is 33.0 Å². The van der Waals surface area contributed by atoms with Crippen molar-refractivity contribution in [1.29, 1.82) is 0 Å². The Kier molecular flexibility index (Phi) is 6.41. The molecule has 7 nitrogen and oxygen atoms in total. The van der Waals surface area contributed by atoms with Gasteiger partial charge in [-0.25, -0.2) is 4.98 Å². The van der Waals surface area contributed by atoms with Crippen LogP contribution in [0.25, 0.3) is 11.5 Å². The second-order valence-electron chi connectivity index (χ2n) is 6.03. The lowest BCUT2D eigenvalue weighted by Gasteiger charge is -2.18. The number of ether oxygens (including phenoxy) is 2. The summed E-state index contributed by atoms with van der Waals surface area (Å²) in [5.74, 6) is 2.58. The molecule has 0 bridgehead atoms. The van der Waals surface area contributed by atoms with Crippen LogP contribution >= 0.6 is 0 Å². The molecule has 2 aromatic rings. The van der Waals surface area contributed by atoms with Gasteiger partial charge in [-0.3, -0.25) is 4.90 Å². The van der Waals surface area contributed by atoms with Gasteiger partial charge < -0.3 is 24.1 Å². The lowest BCUT2D eigenvalue weighted by molar-refractivity contribution is 0.0644. The number of oxazole rings is 1. The first-order chi connectivity index (χ1) is 11.9. The molecule has 0 aliphatic carbocycles. The first-order valence-corrected chi connectivity index (χ1v) is 8.07. The van der Waals surface area contributed by atoms with Crippen molar-refractivity contribution < 1.29 is 24.1 Å². The summed E-state index contributed by atoms with van der Waals surface area (Å²) in [7, 11) is 5.07. The number of aromatic nitrogens is 1. The molecule has 0 spiro atoms. The van der Waals surface area contributed by atoms with Gasteiger partial charge in [0.2, 0.25) is 5.89 Å².